The number of nitrogens with zero attached hydrogens (tertiary/aromatic N) is 2. The lowest BCUT2D eigenvalue weighted by atomic mass is 9.62. The average Bonchev–Trinajstić information content (AvgIpc) is 2.52. The van der Waals surface area contributed by atoms with Gasteiger partial charge in [-0.3, -0.25) is 9.69 Å². The van der Waals surface area contributed by atoms with Crippen molar-refractivity contribution in [2.24, 2.45) is 11.8 Å². The second-order valence-corrected chi connectivity index (χ2v) is 7.50. The molecule has 0 saturated carbocycles. The van der Waals surface area contributed by atoms with Crippen LogP contribution in [0.25, 0.3) is 0 Å². The summed E-state index contributed by atoms with van der Waals surface area (Å²) in [6, 6.07) is 0.573. The van der Waals surface area contributed by atoms with Crippen LogP contribution in [0.2, 0.25) is 0 Å². The fourth-order valence-electron chi connectivity index (χ4n) is 5.84. The van der Waals surface area contributed by atoms with Crippen LogP contribution in [0.15, 0.2) is 0 Å². The van der Waals surface area contributed by atoms with E-state index in [0.717, 1.165) is 18.9 Å². The Labute approximate surface area is 122 Å². The molecule has 3 nitrogen and oxygen atoms in total. The summed E-state index contributed by atoms with van der Waals surface area (Å²) >= 11 is 0. The van der Waals surface area contributed by atoms with Gasteiger partial charge in [0.2, 0.25) is 5.91 Å². The van der Waals surface area contributed by atoms with Crippen molar-refractivity contribution in [1.29, 1.82) is 0 Å². The number of carbonyl (C=O) groups is 1. The third-order valence-corrected chi connectivity index (χ3v) is 6.85. The van der Waals surface area contributed by atoms with E-state index in [0.29, 0.717) is 17.9 Å². The van der Waals surface area contributed by atoms with Crippen LogP contribution >= 0.6 is 0 Å². The molecule has 4 rings (SSSR count). The third-order valence-electron chi connectivity index (χ3n) is 6.85. The Morgan fingerprint density at radius 1 is 1.20 bits per heavy atom. The zero-order valence-corrected chi connectivity index (χ0v) is 12.8. The number of rotatable bonds is 1. The highest BCUT2D eigenvalue weighted by Gasteiger charge is 2.57. The molecule has 0 aliphatic carbocycles. The van der Waals surface area contributed by atoms with Crippen molar-refractivity contribution in [2.45, 2.75) is 69.9 Å². The van der Waals surface area contributed by atoms with E-state index >= 15 is 0 Å². The lowest BCUT2D eigenvalue weighted by molar-refractivity contribution is -0.171. The Morgan fingerprint density at radius 2 is 2.05 bits per heavy atom. The number of carbonyl (C=O) groups excluding carboxylic acids is 1. The minimum Gasteiger partial charge on any atom is -0.339 e. The van der Waals surface area contributed by atoms with Crippen molar-refractivity contribution in [3.05, 3.63) is 0 Å². The molecular weight excluding hydrogens is 248 g/mol. The summed E-state index contributed by atoms with van der Waals surface area (Å²) in [6.45, 7) is 5.85. The van der Waals surface area contributed by atoms with E-state index in [1.165, 1.54) is 58.0 Å². The second kappa shape index (κ2) is 4.72. The van der Waals surface area contributed by atoms with E-state index in [9.17, 15) is 4.79 Å². The second-order valence-electron chi connectivity index (χ2n) is 7.50. The predicted molar refractivity (Wildman–Crippen MR) is 79.4 cm³/mol. The summed E-state index contributed by atoms with van der Waals surface area (Å²) in [5.74, 6) is 1.58. The number of hydrogen-bond acceptors (Lipinski definition) is 2. The molecule has 3 heteroatoms. The van der Waals surface area contributed by atoms with Gasteiger partial charge in [0.1, 0.15) is 0 Å². The fourth-order valence-corrected chi connectivity index (χ4v) is 5.84. The molecule has 4 aliphatic heterocycles. The highest BCUT2D eigenvalue weighted by molar-refractivity contribution is 5.82. The van der Waals surface area contributed by atoms with Crippen LogP contribution in [0.3, 0.4) is 0 Å². The minimum atomic E-state index is 0.217. The summed E-state index contributed by atoms with van der Waals surface area (Å²) in [5.41, 5.74) is 0.217. The van der Waals surface area contributed by atoms with Gasteiger partial charge in [-0.05, 0) is 57.4 Å². The smallest absolute Gasteiger partial charge is 0.227 e. The normalized spacial score (nSPS) is 45.0. The molecular formula is C17H28N2O. The minimum absolute atomic E-state index is 0.217. The Bertz CT molecular complexity index is 410. The predicted octanol–water partition coefficient (Wildman–Crippen LogP) is 2.65. The zero-order chi connectivity index (χ0) is 13.7. The van der Waals surface area contributed by atoms with Crippen LogP contribution in [0.4, 0.5) is 0 Å². The number of amides is 1. The lowest BCUT2D eigenvalue weighted by Gasteiger charge is -2.62. The third kappa shape index (κ3) is 1.65. The number of fused-ring (bicyclic) bond motifs is 6. The maximum absolute atomic E-state index is 13.1. The van der Waals surface area contributed by atoms with Crippen LogP contribution in [0, 0.1) is 11.8 Å². The van der Waals surface area contributed by atoms with Crippen LogP contribution in [-0.2, 0) is 4.79 Å². The van der Waals surface area contributed by atoms with Gasteiger partial charge < -0.3 is 4.90 Å². The van der Waals surface area contributed by atoms with Crippen LogP contribution in [0.5, 0.6) is 0 Å². The first-order valence-corrected chi connectivity index (χ1v) is 8.82. The Kier molecular flexibility index (Phi) is 3.10. The molecule has 0 unspecified atom stereocenters. The summed E-state index contributed by atoms with van der Waals surface area (Å²) in [4.78, 5) is 18.1. The monoisotopic (exact) mass is 276 g/mol. The van der Waals surface area contributed by atoms with E-state index in [4.69, 9.17) is 0 Å². The van der Waals surface area contributed by atoms with Gasteiger partial charge in [-0.2, -0.15) is 0 Å². The van der Waals surface area contributed by atoms with Gasteiger partial charge in [-0.15, -0.1) is 0 Å². The first kappa shape index (κ1) is 13.1. The quantitative estimate of drug-likeness (QED) is 0.735. The number of hydrogen-bond donors (Lipinski definition) is 0. The highest BCUT2D eigenvalue weighted by Crippen LogP contribution is 2.50. The topological polar surface area (TPSA) is 23.6 Å². The molecule has 4 aliphatic rings. The Hall–Kier alpha value is -0.570. The van der Waals surface area contributed by atoms with Gasteiger partial charge in [0.05, 0.1) is 5.92 Å². The van der Waals surface area contributed by atoms with E-state index in [-0.39, 0.29) is 5.54 Å². The maximum Gasteiger partial charge on any atom is 0.227 e. The molecule has 4 heterocycles. The summed E-state index contributed by atoms with van der Waals surface area (Å²) in [7, 11) is 0. The molecule has 4 fully saturated rings. The van der Waals surface area contributed by atoms with Gasteiger partial charge >= 0.3 is 0 Å². The van der Waals surface area contributed by atoms with Crippen LogP contribution < -0.4 is 0 Å². The van der Waals surface area contributed by atoms with E-state index < -0.39 is 0 Å². The van der Waals surface area contributed by atoms with Gasteiger partial charge in [-0.25, -0.2) is 0 Å². The molecule has 2 bridgehead atoms. The summed E-state index contributed by atoms with van der Waals surface area (Å²) in [5, 5.41) is 0. The van der Waals surface area contributed by atoms with E-state index in [1.807, 2.05) is 0 Å². The van der Waals surface area contributed by atoms with Crippen molar-refractivity contribution < 1.29 is 4.79 Å². The van der Waals surface area contributed by atoms with Crippen molar-refractivity contribution in [2.75, 3.05) is 19.6 Å². The molecule has 0 spiro atoms. The van der Waals surface area contributed by atoms with Gasteiger partial charge in [-0.1, -0.05) is 13.3 Å². The fraction of sp³-hybridized carbons (Fsp3) is 0.941. The number of piperidine rings is 4. The van der Waals surface area contributed by atoms with Gasteiger partial charge in [0, 0.05) is 24.7 Å². The molecule has 0 aromatic carbocycles. The highest BCUT2D eigenvalue weighted by atomic mass is 16.2. The van der Waals surface area contributed by atoms with E-state index in [2.05, 4.69) is 16.7 Å². The molecule has 4 saturated heterocycles. The first-order chi connectivity index (χ1) is 9.76. The Balaban J connectivity index is 1.70. The van der Waals surface area contributed by atoms with Crippen molar-refractivity contribution in [3.63, 3.8) is 0 Å². The van der Waals surface area contributed by atoms with E-state index in [1.54, 1.807) is 0 Å². The lowest BCUT2D eigenvalue weighted by Crippen LogP contribution is -2.71. The SMILES string of the molecule is CC[C@@]12CCCCN1C[C@@H]1C[C@H]2C(=O)N2CCCC[C@@H]12. The molecule has 4 atom stereocenters. The van der Waals surface area contributed by atoms with Crippen molar-refractivity contribution in [1.82, 2.24) is 9.80 Å². The van der Waals surface area contributed by atoms with Crippen LogP contribution in [-0.4, -0.2) is 46.9 Å². The standard InChI is InChI=1S/C17H28N2O/c1-2-17-8-4-6-9-18(17)12-13-11-14(17)16(20)19-10-5-3-7-15(13)19/h13-15H,2-12H2,1H3/t13-,14-,15-,17-/m0/s1. The largest absolute Gasteiger partial charge is 0.339 e. The molecule has 1 amide bonds. The summed E-state index contributed by atoms with van der Waals surface area (Å²) < 4.78 is 0. The molecule has 112 valence electrons. The van der Waals surface area contributed by atoms with Crippen molar-refractivity contribution in [3.8, 4) is 0 Å². The molecule has 0 radical (unpaired) electrons. The zero-order valence-electron chi connectivity index (χ0n) is 12.8. The van der Waals surface area contributed by atoms with Gasteiger partial charge in [0.15, 0.2) is 0 Å². The summed E-state index contributed by atoms with van der Waals surface area (Å²) in [6.07, 6.45) is 10.1. The van der Waals surface area contributed by atoms with Crippen LogP contribution in [0.1, 0.15) is 58.3 Å². The Morgan fingerprint density at radius 3 is 2.90 bits per heavy atom. The maximum atomic E-state index is 13.1. The molecule has 0 N–H and O–H groups in total. The van der Waals surface area contributed by atoms with Crippen molar-refractivity contribution >= 4 is 5.91 Å². The molecule has 20 heavy (non-hydrogen) atoms. The first-order valence-electron chi connectivity index (χ1n) is 8.82. The average molecular weight is 276 g/mol. The molecule has 0 aromatic rings. The van der Waals surface area contributed by atoms with Gasteiger partial charge in [0.25, 0.3) is 0 Å². The molecule has 0 aromatic heterocycles.